The zero-order chi connectivity index (χ0) is 16.0. The number of benzene rings is 2. The molecule has 2 N–H and O–H groups in total. The maximum absolute atomic E-state index is 12.7. The van der Waals surface area contributed by atoms with E-state index >= 15 is 0 Å². The van der Waals surface area contributed by atoms with E-state index in [4.69, 9.17) is 0 Å². The Kier molecular flexibility index (Phi) is 2.85. The lowest BCUT2D eigenvalue weighted by molar-refractivity contribution is 0.103. The van der Waals surface area contributed by atoms with Crippen LogP contribution in [-0.4, -0.2) is 19.3 Å². The second kappa shape index (κ2) is 4.79. The van der Waals surface area contributed by atoms with Crippen LogP contribution in [0.3, 0.4) is 0 Å². The molecule has 114 valence electrons. The summed E-state index contributed by atoms with van der Waals surface area (Å²) >= 11 is 0. The number of carbonyl (C=O) groups is 1. The van der Waals surface area contributed by atoms with E-state index in [0.29, 0.717) is 22.0 Å². The molecule has 0 bridgehead atoms. The van der Waals surface area contributed by atoms with Gasteiger partial charge in [-0.25, -0.2) is 13.4 Å². The van der Waals surface area contributed by atoms with Gasteiger partial charge in [0.15, 0.2) is 0 Å². The van der Waals surface area contributed by atoms with E-state index in [1.165, 1.54) is 12.3 Å². The SMILES string of the molecule is O=C1Nc2ccc(S(=O)(=O)Nc3ccccn3)c3cccc1c23. The van der Waals surface area contributed by atoms with Gasteiger partial charge < -0.3 is 5.32 Å². The summed E-state index contributed by atoms with van der Waals surface area (Å²) in [4.78, 5) is 16.0. The van der Waals surface area contributed by atoms with E-state index in [9.17, 15) is 13.2 Å². The van der Waals surface area contributed by atoms with Gasteiger partial charge in [-0.15, -0.1) is 0 Å². The first-order valence-corrected chi connectivity index (χ1v) is 8.35. The Hall–Kier alpha value is -2.93. The summed E-state index contributed by atoms with van der Waals surface area (Å²) in [6.45, 7) is 0. The second-order valence-electron chi connectivity index (χ2n) is 5.11. The molecule has 0 saturated heterocycles. The maximum atomic E-state index is 12.7. The van der Waals surface area contributed by atoms with E-state index in [-0.39, 0.29) is 16.6 Å². The lowest BCUT2D eigenvalue weighted by Crippen LogP contribution is -2.14. The molecule has 0 atom stereocenters. The number of rotatable bonds is 3. The van der Waals surface area contributed by atoms with Crippen molar-refractivity contribution in [3.8, 4) is 0 Å². The van der Waals surface area contributed by atoms with Crippen molar-refractivity contribution in [2.75, 3.05) is 10.0 Å². The van der Waals surface area contributed by atoms with E-state index in [1.54, 1.807) is 42.5 Å². The highest BCUT2D eigenvalue weighted by Crippen LogP contribution is 2.36. The minimum Gasteiger partial charge on any atom is -0.321 e. The highest BCUT2D eigenvalue weighted by molar-refractivity contribution is 7.93. The molecule has 1 amide bonds. The molecule has 1 aliphatic rings. The van der Waals surface area contributed by atoms with Crippen LogP contribution in [0.1, 0.15) is 10.4 Å². The van der Waals surface area contributed by atoms with Crippen LogP contribution >= 0.6 is 0 Å². The van der Waals surface area contributed by atoms with Crippen molar-refractivity contribution < 1.29 is 13.2 Å². The molecule has 7 heteroatoms. The second-order valence-corrected chi connectivity index (χ2v) is 6.76. The number of amides is 1. The molecule has 0 unspecified atom stereocenters. The smallest absolute Gasteiger partial charge is 0.263 e. The lowest BCUT2D eigenvalue weighted by atomic mass is 10.1. The summed E-state index contributed by atoms with van der Waals surface area (Å²) in [6.07, 6.45) is 1.51. The molecule has 0 saturated carbocycles. The average molecular weight is 325 g/mol. The van der Waals surface area contributed by atoms with Gasteiger partial charge in [0, 0.05) is 28.2 Å². The molecule has 2 heterocycles. The molecule has 2 aromatic carbocycles. The van der Waals surface area contributed by atoms with Crippen LogP contribution in [0.4, 0.5) is 11.5 Å². The Morgan fingerprint density at radius 3 is 2.65 bits per heavy atom. The minimum atomic E-state index is -3.81. The van der Waals surface area contributed by atoms with Gasteiger partial charge >= 0.3 is 0 Å². The Morgan fingerprint density at radius 2 is 1.87 bits per heavy atom. The van der Waals surface area contributed by atoms with Gasteiger partial charge in [-0.2, -0.15) is 0 Å². The third-order valence-electron chi connectivity index (χ3n) is 3.69. The number of aromatic nitrogens is 1. The largest absolute Gasteiger partial charge is 0.321 e. The number of carbonyl (C=O) groups excluding carboxylic acids is 1. The first-order valence-electron chi connectivity index (χ1n) is 6.87. The molecule has 23 heavy (non-hydrogen) atoms. The summed E-state index contributed by atoms with van der Waals surface area (Å²) in [5.41, 5.74) is 1.10. The third-order valence-corrected chi connectivity index (χ3v) is 5.10. The topological polar surface area (TPSA) is 88.2 Å². The molecular weight excluding hydrogens is 314 g/mol. The van der Waals surface area contributed by atoms with E-state index in [1.807, 2.05) is 0 Å². The van der Waals surface area contributed by atoms with Crippen LogP contribution in [0.5, 0.6) is 0 Å². The predicted molar refractivity (Wildman–Crippen MR) is 86.9 cm³/mol. The number of hydrogen-bond acceptors (Lipinski definition) is 4. The summed E-state index contributed by atoms with van der Waals surface area (Å²) in [5, 5.41) is 3.86. The summed E-state index contributed by atoms with van der Waals surface area (Å²) < 4.78 is 27.8. The van der Waals surface area contributed by atoms with Crippen molar-refractivity contribution in [3.05, 3.63) is 60.3 Å². The normalized spacial score (nSPS) is 13.1. The van der Waals surface area contributed by atoms with Gasteiger partial charge in [-0.05, 0) is 30.3 Å². The number of pyridine rings is 1. The van der Waals surface area contributed by atoms with Crippen molar-refractivity contribution in [1.29, 1.82) is 0 Å². The number of sulfonamides is 1. The summed E-state index contributed by atoms with van der Waals surface area (Å²) in [7, 11) is -3.81. The monoisotopic (exact) mass is 325 g/mol. The van der Waals surface area contributed by atoms with Gasteiger partial charge in [0.2, 0.25) is 0 Å². The quantitative estimate of drug-likeness (QED) is 0.775. The maximum Gasteiger partial charge on any atom is 0.263 e. The van der Waals surface area contributed by atoms with Crippen molar-refractivity contribution >= 4 is 38.2 Å². The zero-order valence-electron chi connectivity index (χ0n) is 11.8. The van der Waals surface area contributed by atoms with Gasteiger partial charge in [0.1, 0.15) is 5.82 Å². The van der Waals surface area contributed by atoms with Gasteiger partial charge in [-0.3, -0.25) is 9.52 Å². The minimum absolute atomic E-state index is 0.111. The molecule has 1 aliphatic heterocycles. The Balaban J connectivity index is 1.90. The fourth-order valence-electron chi connectivity index (χ4n) is 2.71. The first-order chi connectivity index (χ1) is 11.1. The lowest BCUT2D eigenvalue weighted by Gasteiger charge is -2.10. The van der Waals surface area contributed by atoms with E-state index in [0.717, 1.165) is 0 Å². The number of hydrogen-bond donors (Lipinski definition) is 2. The van der Waals surface area contributed by atoms with Crippen LogP contribution in [0.2, 0.25) is 0 Å². The molecule has 0 spiro atoms. The van der Waals surface area contributed by atoms with Crippen LogP contribution in [-0.2, 0) is 10.0 Å². The van der Waals surface area contributed by atoms with Gasteiger partial charge in [-0.1, -0.05) is 18.2 Å². The number of anilines is 2. The van der Waals surface area contributed by atoms with Crippen molar-refractivity contribution in [3.63, 3.8) is 0 Å². The summed E-state index contributed by atoms with van der Waals surface area (Å²) in [5.74, 6) is 0.0165. The molecule has 1 aromatic heterocycles. The fraction of sp³-hybridized carbons (Fsp3) is 0. The fourth-order valence-corrected chi connectivity index (χ4v) is 3.93. The molecule has 0 fully saturated rings. The average Bonchev–Trinajstić information content (AvgIpc) is 2.86. The van der Waals surface area contributed by atoms with Gasteiger partial charge in [0.25, 0.3) is 15.9 Å². The van der Waals surface area contributed by atoms with Crippen LogP contribution in [0.25, 0.3) is 10.8 Å². The first kappa shape index (κ1) is 13.7. The molecule has 0 aliphatic carbocycles. The van der Waals surface area contributed by atoms with Crippen molar-refractivity contribution in [1.82, 2.24) is 4.98 Å². The Labute approximate surface area is 132 Å². The van der Waals surface area contributed by atoms with E-state index < -0.39 is 10.0 Å². The van der Waals surface area contributed by atoms with Crippen molar-refractivity contribution in [2.45, 2.75) is 4.90 Å². The van der Waals surface area contributed by atoms with Crippen LogP contribution in [0.15, 0.2) is 59.6 Å². The highest BCUT2D eigenvalue weighted by atomic mass is 32.2. The molecule has 6 nitrogen and oxygen atoms in total. The van der Waals surface area contributed by atoms with Crippen LogP contribution in [0, 0.1) is 0 Å². The van der Waals surface area contributed by atoms with Crippen molar-refractivity contribution in [2.24, 2.45) is 0 Å². The Morgan fingerprint density at radius 1 is 1.00 bits per heavy atom. The molecular formula is C16H11N3O3S. The summed E-state index contributed by atoms with van der Waals surface area (Å²) in [6, 6.07) is 13.1. The van der Waals surface area contributed by atoms with Gasteiger partial charge in [0.05, 0.1) is 4.90 Å². The highest BCUT2D eigenvalue weighted by Gasteiger charge is 2.26. The molecule has 0 radical (unpaired) electrons. The molecule has 3 aromatic rings. The Bertz CT molecular complexity index is 1050. The van der Waals surface area contributed by atoms with Crippen LogP contribution < -0.4 is 10.0 Å². The predicted octanol–water partition coefficient (Wildman–Crippen LogP) is 2.60. The molecule has 4 rings (SSSR count). The van der Waals surface area contributed by atoms with E-state index in [2.05, 4.69) is 15.0 Å². The third kappa shape index (κ3) is 2.13. The number of nitrogens with zero attached hydrogens (tertiary/aromatic N) is 1. The number of nitrogens with one attached hydrogen (secondary N) is 2. The zero-order valence-corrected chi connectivity index (χ0v) is 12.6. The standard InChI is InChI=1S/C16H11N3O3S/c20-16-11-5-3-4-10-13(8-7-12(18-16)15(10)11)23(21,22)19-14-6-1-2-9-17-14/h1-9H,(H,17,19)(H,18,20).